The van der Waals surface area contributed by atoms with Gasteiger partial charge in [0.05, 0.1) is 11.9 Å². The monoisotopic (exact) mass is 545 g/mol. The second kappa shape index (κ2) is 12.7. The van der Waals surface area contributed by atoms with E-state index < -0.39 is 34.3 Å². The predicted molar refractivity (Wildman–Crippen MR) is 143 cm³/mol. The van der Waals surface area contributed by atoms with Crippen LogP contribution in [0.1, 0.15) is 18.1 Å². The zero-order valence-corrected chi connectivity index (χ0v) is 22.2. The molecule has 196 valence electrons. The molecule has 0 aliphatic rings. The SMILES string of the molecule is CCNC(=O)C(Cc1ccccc1)N(Cc1ccccc1Cl)C(=O)CN(c1cccc(F)c1)S(C)(=O)=O. The number of nitrogens with zero attached hydrogens (tertiary/aromatic N) is 2. The summed E-state index contributed by atoms with van der Waals surface area (Å²) in [7, 11) is -3.97. The van der Waals surface area contributed by atoms with Crippen LogP contribution in [0.4, 0.5) is 10.1 Å². The normalized spacial score (nSPS) is 12.0. The van der Waals surface area contributed by atoms with Crippen molar-refractivity contribution in [3.8, 4) is 0 Å². The number of carbonyl (C=O) groups excluding carboxylic acids is 2. The van der Waals surface area contributed by atoms with Crippen molar-refractivity contribution in [1.29, 1.82) is 0 Å². The molecular weight excluding hydrogens is 517 g/mol. The summed E-state index contributed by atoms with van der Waals surface area (Å²) in [4.78, 5) is 28.4. The van der Waals surface area contributed by atoms with E-state index in [0.29, 0.717) is 17.1 Å². The van der Waals surface area contributed by atoms with E-state index in [1.807, 2.05) is 30.3 Å². The molecule has 0 saturated carbocycles. The first-order valence-corrected chi connectivity index (χ1v) is 13.9. The van der Waals surface area contributed by atoms with Crippen molar-refractivity contribution in [3.05, 3.63) is 101 Å². The maximum Gasteiger partial charge on any atom is 0.244 e. The van der Waals surface area contributed by atoms with Crippen molar-refractivity contribution in [2.75, 3.05) is 23.7 Å². The van der Waals surface area contributed by atoms with Gasteiger partial charge in [0.1, 0.15) is 18.4 Å². The van der Waals surface area contributed by atoms with E-state index in [2.05, 4.69) is 5.32 Å². The second-order valence-corrected chi connectivity index (χ2v) is 10.8. The molecule has 37 heavy (non-hydrogen) atoms. The van der Waals surface area contributed by atoms with Gasteiger partial charge in [-0.3, -0.25) is 13.9 Å². The molecule has 2 amide bonds. The fourth-order valence-electron chi connectivity index (χ4n) is 3.90. The number of amides is 2. The summed E-state index contributed by atoms with van der Waals surface area (Å²) >= 11 is 6.38. The number of carbonyl (C=O) groups is 2. The Labute approximate surface area is 221 Å². The summed E-state index contributed by atoms with van der Waals surface area (Å²) < 4.78 is 40.0. The molecule has 0 saturated heterocycles. The summed E-state index contributed by atoms with van der Waals surface area (Å²) in [5.41, 5.74) is 1.42. The molecule has 0 aromatic heterocycles. The number of halogens is 2. The number of sulfonamides is 1. The van der Waals surface area contributed by atoms with Gasteiger partial charge in [0.2, 0.25) is 21.8 Å². The number of hydrogen-bond acceptors (Lipinski definition) is 4. The first-order valence-electron chi connectivity index (χ1n) is 11.7. The standard InChI is InChI=1S/C27H29ClFN3O4S/c1-3-30-27(34)25(16-20-10-5-4-6-11-20)31(18-21-12-7-8-15-24(21)28)26(33)19-32(37(2,35)36)23-14-9-13-22(29)17-23/h4-15,17,25H,3,16,18-19H2,1-2H3,(H,30,34). The maximum absolute atomic E-state index is 13.9. The summed E-state index contributed by atoms with van der Waals surface area (Å²) in [6.07, 6.45) is 1.14. The molecule has 0 aliphatic heterocycles. The Hall–Kier alpha value is -3.43. The minimum Gasteiger partial charge on any atom is -0.355 e. The van der Waals surface area contributed by atoms with Gasteiger partial charge in [0, 0.05) is 24.5 Å². The van der Waals surface area contributed by atoms with E-state index in [-0.39, 0.29) is 24.6 Å². The third-order valence-electron chi connectivity index (χ3n) is 5.70. The summed E-state index contributed by atoms with van der Waals surface area (Å²) in [6, 6.07) is 20.2. The largest absolute Gasteiger partial charge is 0.355 e. The Morgan fingerprint density at radius 1 is 1.00 bits per heavy atom. The van der Waals surface area contributed by atoms with Crippen molar-refractivity contribution < 1.29 is 22.4 Å². The first kappa shape index (κ1) is 28.1. The average molecular weight is 546 g/mol. The topological polar surface area (TPSA) is 86.8 Å². The molecule has 7 nitrogen and oxygen atoms in total. The highest BCUT2D eigenvalue weighted by Gasteiger charge is 2.33. The van der Waals surface area contributed by atoms with Crippen LogP contribution in [0.2, 0.25) is 5.02 Å². The Bertz CT molecular complexity index is 1340. The van der Waals surface area contributed by atoms with Crippen molar-refractivity contribution >= 4 is 39.1 Å². The third-order valence-corrected chi connectivity index (χ3v) is 7.21. The highest BCUT2D eigenvalue weighted by Crippen LogP contribution is 2.23. The number of likely N-dealkylation sites (N-methyl/N-ethyl adjacent to an activating group) is 1. The minimum absolute atomic E-state index is 0.00571. The molecule has 10 heteroatoms. The number of nitrogens with one attached hydrogen (secondary N) is 1. The van der Waals surface area contributed by atoms with E-state index in [1.54, 1.807) is 31.2 Å². The molecular formula is C27H29ClFN3O4S. The van der Waals surface area contributed by atoms with Gasteiger partial charge in [-0.2, -0.15) is 0 Å². The lowest BCUT2D eigenvalue weighted by Crippen LogP contribution is -2.53. The highest BCUT2D eigenvalue weighted by molar-refractivity contribution is 7.92. The molecule has 0 fully saturated rings. The minimum atomic E-state index is -3.97. The fourth-order valence-corrected chi connectivity index (χ4v) is 4.94. The van der Waals surface area contributed by atoms with E-state index in [9.17, 15) is 22.4 Å². The molecule has 3 rings (SSSR count). The second-order valence-electron chi connectivity index (χ2n) is 8.46. The maximum atomic E-state index is 13.9. The molecule has 3 aromatic carbocycles. The predicted octanol–water partition coefficient (Wildman–Crippen LogP) is 4.02. The van der Waals surface area contributed by atoms with E-state index in [0.717, 1.165) is 22.2 Å². The van der Waals surface area contributed by atoms with E-state index in [1.165, 1.54) is 23.1 Å². The van der Waals surface area contributed by atoms with Crippen LogP contribution in [0.3, 0.4) is 0 Å². The zero-order valence-electron chi connectivity index (χ0n) is 20.6. The van der Waals surface area contributed by atoms with Gasteiger partial charge >= 0.3 is 0 Å². The van der Waals surface area contributed by atoms with Crippen LogP contribution in [-0.2, 0) is 32.6 Å². The summed E-state index contributed by atoms with van der Waals surface area (Å²) in [5.74, 6) is -1.67. The van der Waals surface area contributed by atoms with Gasteiger partial charge in [-0.1, -0.05) is 66.2 Å². The van der Waals surface area contributed by atoms with Crippen LogP contribution in [0, 0.1) is 5.82 Å². The van der Waals surface area contributed by atoms with Crippen molar-refractivity contribution in [3.63, 3.8) is 0 Å². The average Bonchev–Trinajstić information content (AvgIpc) is 2.85. The highest BCUT2D eigenvalue weighted by atomic mass is 35.5. The lowest BCUT2D eigenvalue weighted by Gasteiger charge is -2.33. The van der Waals surface area contributed by atoms with Gasteiger partial charge < -0.3 is 10.2 Å². The van der Waals surface area contributed by atoms with Gasteiger partial charge in [0.15, 0.2) is 0 Å². The van der Waals surface area contributed by atoms with Crippen molar-refractivity contribution in [1.82, 2.24) is 10.2 Å². The van der Waals surface area contributed by atoms with Gasteiger partial charge in [0.25, 0.3) is 0 Å². The molecule has 0 heterocycles. The van der Waals surface area contributed by atoms with Gasteiger partial charge in [-0.05, 0) is 42.3 Å². The molecule has 0 spiro atoms. The number of benzene rings is 3. The van der Waals surface area contributed by atoms with E-state index >= 15 is 0 Å². The number of rotatable bonds is 11. The third kappa shape index (κ3) is 7.77. The Morgan fingerprint density at radius 2 is 1.68 bits per heavy atom. The molecule has 1 unspecified atom stereocenters. The Kier molecular flexibility index (Phi) is 9.66. The van der Waals surface area contributed by atoms with Crippen LogP contribution in [0.5, 0.6) is 0 Å². The van der Waals surface area contributed by atoms with Crippen molar-refractivity contribution in [2.24, 2.45) is 0 Å². The smallest absolute Gasteiger partial charge is 0.244 e. The number of anilines is 1. The number of hydrogen-bond donors (Lipinski definition) is 1. The summed E-state index contributed by atoms with van der Waals surface area (Å²) in [5, 5.41) is 3.18. The van der Waals surface area contributed by atoms with Crippen LogP contribution < -0.4 is 9.62 Å². The zero-order chi connectivity index (χ0) is 27.0. The molecule has 0 radical (unpaired) electrons. The Balaban J connectivity index is 2.05. The van der Waals surface area contributed by atoms with Gasteiger partial charge in [-0.15, -0.1) is 0 Å². The first-order chi connectivity index (χ1) is 17.6. The summed E-state index contributed by atoms with van der Waals surface area (Å²) in [6.45, 7) is 1.45. The lowest BCUT2D eigenvalue weighted by molar-refractivity contribution is -0.140. The van der Waals surface area contributed by atoms with Crippen LogP contribution in [0.15, 0.2) is 78.9 Å². The van der Waals surface area contributed by atoms with Crippen molar-refractivity contribution in [2.45, 2.75) is 25.9 Å². The quantitative estimate of drug-likeness (QED) is 0.394. The lowest BCUT2D eigenvalue weighted by atomic mass is 10.0. The molecule has 1 N–H and O–H groups in total. The van der Waals surface area contributed by atoms with Gasteiger partial charge in [-0.25, -0.2) is 12.8 Å². The Morgan fingerprint density at radius 3 is 2.30 bits per heavy atom. The van der Waals surface area contributed by atoms with Crippen LogP contribution in [-0.4, -0.2) is 50.5 Å². The fraction of sp³-hybridized carbons (Fsp3) is 0.259. The van der Waals surface area contributed by atoms with Crippen LogP contribution in [0.25, 0.3) is 0 Å². The molecule has 1 atom stereocenters. The van der Waals surface area contributed by atoms with Crippen LogP contribution >= 0.6 is 11.6 Å². The van der Waals surface area contributed by atoms with E-state index in [4.69, 9.17) is 11.6 Å². The molecule has 0 bridgehead atoms. The molecule has 3 aromatic rings. The molecule has 0 aliphatic carbocycles.